The van der Waals surface area contributed by atoms with E-state index in [2.05, 4.69) is 20.9 Å². The average Bonchev–Trinajstić information content (AvgIpc) is 3.18. The molecule has 0 saturated carbocycles. The molecule has 0 bridgehead atoms. The van der Waals surface area contributed by atoms with E-state index in [1.54, 1.807) is 12.1 Å². The third-order valence-corrected chi connectivity index (χ3v) is 5.13. The zero-order chi connectivity index (χ0) is 21.1. The van der Waals surface area contributed by atoms with Crippen LogP contribution in [0.15, 0.2) is 42.5 Å². The highest BCUT2D eigenvalue weighted by Crippen LogP contribution is 2.30. The van der Waals surface area contributed by atoms with Gasteiger partial charge in [-0.05, 0) is 55.4 Å². The predicted molar refractivity (Wildman–Crippen MR) is 118 cm³/mol. The van der Waals surface area contributed by atoms with Crippen LogP contribution in [0.3, 0.4) is 0 Å². The third-order valence-electron chi connectivity index (χ3n) is 5.13. The molecule has 0 unspecified atom stereocenters. The second-order valence-electron chi connectivity index (χ2n) is 7.37. The van der Waals surface area contributed by atoms with Crippen molar-refractivity contribution in [2.24, 2.45) is 0 Å². The quantitative estimate of drug-likeness (QED) is 0.363. The van der Waals surface area contributed by atoms with Crippen LogP contribution in [0.4, 0.5) is 5.82 Å². The zero-order valence-electron chi connectivity index (χ0n) is 16.7. The Morgan fingerprint density at radius 3 is 2.67 bits per heavy atom. The Labute approximate surface area is 174 Å². The highest BCUT2D eigenvalue weighted by molar-refractivity contribution is 6.07. The molecule has 0 fully saturated rings. The number of anilines is 1. The van der Waals surface area contributed by atoms with Gasteiger partial charge >= 0.3 is 0 Å². The van der Waals surface area contributed by atoms with Crippen LogP contribution in [0.25, 0.3) is 33.1 Å². The predicted octanol–water partition coefficient (Wildman–Crippen LogP) is 3.64. The first-order valence-corrected chi connectivity index (χ1v) is 9.79. The Hall–Kier alpha value is -3.76. The lowest BCUT2D eigenvalue weighted by Gasteiger charge is -2.13. The normalized spacial score (nSPS) is 11.2. The number of H-pyrrole nitrogens is 1. The van der Waals surface area contributed by atoms with E-state index in [0.29, 0.717) is 24.3 Å². The van der Waals surface area contributed by atoms with Crippen molar-refractivity contribution in [1.29, 1.82) is 5.26 Å². The molecule has 2 aromatic carbocycles. The molecular formula is C23H22N6O. The summed E-state index contributed by atoms with van der Waals surface area (Å²) >= 11 is 0. The Balaban J connectivity index is 1.68. The first kappa shape index (κ1) is 19.6. The minimum atomic E-state index is 0.414. The number of nitrogens with zero attached hydrogens (tertiary/aromatic N) is 4. The number of pyridine rings is 1. The number of aromatic nitrogens is 3. The summed E-state index contributed by atoms with van der Waals surface area (Å²) in [5.41, 5.74) is 11.2. The van der Waals surface area contributed by atoms with Crippen LogP contribution in [-0.2, 0) is 11.3 Å². The molecular weight excluding hydrogens is 376 g/mol. The van der Waals surface area contributed by atoms with Crippen molar-refractivity contribution < 1.29 is 4.79 Å². The van der Waals surface area contributed by atoms with Crippen molar-refractivity contribution in [2.75, 3.05) is 19.3 Å². The minimum absolute atomic E-state index is 0.414. The number of unbranched alkanes of at least 4 members (excludes halogenated alkanes) is 1. The molecule has 0 spiro atoms. The molecule has 0 aliphatic carbocycles. The number of carbonyl (C=O) groups is 1. The number of rotatable bonds is 7. The zero-order valence-corrected chi connectivity index (χ0v) is 16.7. The molecule has 3 N–H and O–H groups in total. The van der Waals surface area contributed by atoms with Crippen molar-refractivity contribution in [2.45, 2.75) is 19.4 Å². The van der Waals surface area contributed by atoms with E-state index in [0.717, 1.165) is 58.1 Å². The Bertz CT molecular complexity index is 1250. The van der Waals surface area contributed by atoms with Crippen molar-refractivity contribution in [1.82, 2.24) is 19.9 Å². The molecule has 4 aromatic rings. The van der Waals surface area contributed by atoms with Crippen LogP contribution in [0.5, 0.6) is 0 Å². The number of aldehydes is 1. The van der Waals surface area contributed by atoms with E-state index in [1.807, 2.05) is 37.4 Å². The van der Waals surface area contributed by atoms with Gasteiger partial charge in [0.2, 0.25) is 0 Å². The van der Waals surface area contributed by atoms with Gasteiger partial charge in [-0.25, -0.2) is 9.97 Å². The summed E-state index contributed by atoms with van der Waals surface area (Å²) in [5.74, 6) is 1.23. The maximum atomic E-state index is 10.5. The van der Waals surface area contributed by atoms with Gasteiger partial charge in [0.05, 0.1) is 23.7 Å². The average molecular weight is 398 g/mol. The van der Waals surface area contributed by atoms with Crippen LogP contribution in [0.2, 0.25) is 0 Å². The maximum Gasteiger partial charge on any atom is 0.150 e. The second kappa shape index (κ2) is 8.31. The molecule has 2 aromatic heterocycles. The summed E-state index contributed by atoms with van der Waals surface area (Å²) in [7, 11) is 2.00. The molecule has 7 heteroatoms. The summed E-state index contributed by atoms with van der Waals surface area (Å²) < 4.78 is 0. The largest absolute Gasteiger partial charge is 0.382 e. The van der Waals surface area contributed by atoms with Crippen molar-refractivity contribution in [3.63, 3.8) is 0 Å². The molecule has 150 valence electrons. The Morgan fingerprint density at radius 2 is 1.93 bits per heavy atom. The standard InChI is InChI=1S/C23H22N6O/c1-29(10-2-3-11-30)14-20-27-21-18-9-8-17(16-6-4-15(13-24)5-7-16)12-19(18)26-23(25)22(21)28-20/h4-9,11-12H,2-3,10,14H2,1H3,(H2,25,26)(H,27,28). The third kappa shape index (κ3) is 3.86. The topological polar surface area (TPSA) is 112 Å². The van der Waals surface area contributed by atoms with E-state index >= 15 is 0 Å². The van der Waals surface area contributed by atoms with Gasteiger partial charge in [0.15, 0.2) is 0 Å². The number of hydrogen-bond donors (Lipinski definition) is 2. The highest BCUT2D eigenvalue weighted by atomic mass is 16.1. The van der Waals surface area contributed by atoms with Crippen LogP contribution in [0.1, 0.15) is 24.2 Å². The number of benzene rings is 2. The lowest BCUT2D eigenvalue weighted by atomic mass is 10.0. The van der Waals surface area contributed by atoms with Crippen LogP contribution in [0, 0.1) is 11.3 Å². The molecule has 2 heterocycles. The fraction of sp³-hybridized carbons (Fsp3) is 0.217. The Kier molecular flexibility index (Phi) is 5.42. The first-order valence-electron chi connectivity index (χ1n) is 9.79. The molecule has 30 heavy (non-hydrogen) atoms. The van der Waals surface area contributed by atoms with Gasteiger partial charge < -0.3 is 15.5 Å². The SMILES string of the molecule is CN(CCCC=O)Cc1nc2c([nH]1)c(N)nc1cc(-c3ccc(C#N)cc3)ccc12. The molecule has 0 radical (unpaired) electrons. The number of nitrogen functional groups attached to an aromatic ring is 1. The number of nitrogens with two attached hydrogens (primary N) is 1. The van der Waals surface area contributed by atoms with Crippen LogP contribution >= 0.6 is 0 Å². The van der Waals surface area contributed by atoms with Gasteiger partial charge in [-0.2, -0.15) is 5.26 Å². The number of imidazole rings is 1. The Morgan fingerprint density at radius 1 is 1.17 bits per heavy atom. The first-order chi connectivity index (χ1) is 14.6. The molecule has 0 aliphatic heterocycles. The van der Waals surface area contributed by atoms with Gasteiger partial charge in [-0.1, -0.05) is 18.2 Å². The number of nitriles is 1. The number of carbonyl (C=O) groups excluding carboxylic acids is 1. The lowest BCUT2D eigenvalue weighted by molar-refractivity contribution is -0.108. The van der Waals surface area contributed by atoms with E-state index in [-0.39, 0.29) is 0 Å². The molecule has 4 rings (SSSR count). The van der Waals surface area contributed by atoms with E-state index in [4.69, 9.17) is 16.0 Å². The van der Waals surface area contributed by atoms with Crippen molar-refractivity contribution in [3.05, 3.63) is 53.9 Å². The highest BCUT2D eigenvalue weighted by Gasteiger charge is 2.13. The van der Waals surface area contributed by atoms with Gasteiger partial charge in [0.25, 0.3) is 0 Å². The van der Waals surface area contributed by atoms with Gasteiger partial charge in [-0.3, -0.25) is 4.90 Å². The molecule has 0 aliphatic rings. The number of aromatic amines is 1. The van der Waals surface area contributed by atoms with E-state index < -0.39 is 0 Å². The molecule has 0 atom stereocenters. The minimum Gasteiger partial charge on any atom is -0.382 e. The monoisotopic (exact) mass is 398 g/mol. The van der Waals surface area contributed by atoms with Gasteiger partial charge in [0.1, 0.15) is 29.0 Å². The summed E-state index contributed by atoms with van der Waals surface area (Å²) in [5, 5.41) is 9.91. The van der Waals surface area contributed by atoms with Crippen LogP contribution in [-0.4, -0.2) is 39.7 Å². The summed E-state index contributed by atoms with van der Waals surface area (Å²) in [6.45, 7) is 1.45. The summed E-state index contributed by atoms with van der Waals surface area (Å²) in [6.07, 6.45) is 2.33. The van der Waals surface area contributed by atoms with Gasteiger partial charge in [-0.15, -0.1) is 0 Å². The van der Waals surface area contributed by atoms with E-state index in [1.165, 1.54) is 0 Å². The lowest BCUT2D eigenvalue weighted by Crippen LogP contribution is -2.19. The summed E-state index contributed by atoms with van der Waals surface area (Å²) in [4.78, 5) is 25.3. The second-order valence-corrected chi connectivity index (χ2v) is 7.37. The number of hydrogen-bond acceptors (Lipinski definition) is 6. The van der Waals surface area contributed by atoms with E-state index in [9.17, 15) is 4.79 Å². The van der Waals surface area contributed by atoms with Crippen LogP contribution < -0.4 is 5.73 Å². The molecule has 0 amide bonds. The smallest absolute Gasteiger partial charge is 0.150 e. The van der Waals surface area contributed by atoms with Crippen molar-refractivity contribution in [3.8, 4) is 17.2 Å². The molecule has 0 saturated heterocycles. The fourth-order valence-electron chi connectivity index (χ4n) is 3.58. The van der Waals surface area contributed by atoms with Gasteiger partial charge in [0, 0.05) is 11.8 Å². The maximum absolute atomic E-state index is 10.5. The fourth-order valence-corrected chi connectivity index (χ4v) is 3.58. The molecule has 7 nitrogen and oxygen atoms in total. The number of nitrogens with one attached hydrogen (secondary N) is 1. The summed E-state index contributed by atoms with van der Waals surface area (Å²) in [6, 6.07) is 15.6. The number of fused-ring (bicyclic) bond motifs is 3. The van der Waals surface area contributed by atoms with Crippen molar-refractivity contribution >= 4 is 34.0 Å².